The van der Waals surface area contributed by atoms with Gasteiger partial charge in [0.2, 0.25) is 0 Å². The fourth-order valence-electron chi connectivity index (χ4n) is 2.19. The molecule has 0 aliphatic heterocycles. The summed E-state index contributed by atoms with van der Waals surface area (Å²) in [4.78, 5) is 0. The van der Waals surface area contributed by atoms with Gasteiger partial charge in [-0.2, -0.15) is 0 Å². The van der Waals surface area contributed by atoms with Gasteiger partial charge >= 0.3 is 0 Å². The summed E-state index contributed by atoms with van der Waals surface area (Å²) < 4.78 is 13.9. The Morgan fingerprint density at radius 2 is 1.92 bits per heavy atom. The second-order valence-electron chi connectivity index (χ2n) is 4.15. The molecular formula is C10H20FN. The lowest BCUT2D eigenvalue weighted by molar-refractivity contribution is 0.0682. The standard InChI is InChI=1S/C10H20FN/c1-10(11,7-8-12)9-5-3-2-4-6-9/h9H,2-8,12H2,1H3. The Morgan fingerprint density at radius 1 is 1.33 bits per heavy atom. The van der Waals surface area contributed by atoms with Crippen molar-refractivity contribution >= 4 is 0 Å². The van der Waals surface area contributed by atoms with Gasteiger partial charge < -0.3 is 5.73 Å². The van der Waals surface area contributed by atoms with Gasteiger partial charge in [-0.05, 0) is 38.6 Å². The van der Waals surface area contributed by atoms with Crippen LogP contribution in [0.3, 0.4) is 0 Å². The smallest absolute Gasteiger partial charge is 0.112 e. The molecule has 0 spiro atoms. The topological polar surface area (TPSA) is 26.0 Å². The lowest BCUT2D eigenvalue weighted by atomic mass is 9.77. The molecule has 1 fully saturated rings. The molecule has 1 aliphatic carbocycles. The van der Waals surface area contributed by atoms with Crippen LogP contribution in [-0.2, 0) is 0 Å². The molecule has 1 nitrogen and oxygen atoms in total. The Hall–Kier alpha value is -0.110. The highest BCUT2D eigenvalue weighted by molar-refractivity contribution is 4.84. The summed E-state index contributed by atoms with van der Waals surface area (Å²) in [6.45, 7) is 2.19. The Morgan fingerprint density at radius 3 is 2.42 bits per heavy atom. The van der Waals surface area contributed by atoms with E-state index in [1.807, 2.05) is 0 Å². The first-order valence-corrected chi connectivity index (χ1v) is 5.06. The molecule has 0 aromatic carbocycles. The van der Waals surface area contributed by atoms with Crippen LogP contribution in [0.25, 0.3) is 0 Å². The molecule has 72 valence electrons. The first kappa shape index (κ1) is 9.97. The van der Waals surface area contributed by atoms with Crippen molar-refractivity contribution in [1.82, 2.24) is 0 Å². The molecule has 1 unspecified atom stereocenters. The summed E-state index contributed by atoms with van der Waals surface area (Å²) in [5.41, 5.74) is 4.38. The van der Waals surface area contributed by atoms with Crippen molar-refractivity contribution in [2.24, 2.45) is 11.7 Å². The Kier molecular flexibility index (Phi) is 3.51. The van der Waals surface area contributed by atoms with Crippen molar-refractivity contribution < 1.29 is 4.39 Å². The molecule has 1 aliphatic rings. The molecule has 2 heteroatoms. The molecular weight excluding hydrogens is 153 g/mol. The van der Waals surface area contributed by atoms with E-state index in [0.717, 1.165) is 12.8 Å². The van der Waals surface area contributed by atoms with Gasteiger partial charge in [-0.3, -0.25) is 0 Å². The summed E-state index contributed by atoms with van der Waals surface area (Å²) in [7, 11) is 0. The average Bonchev–Trinajstić information content (AvgIpc) is 2.06. The quantitative estimate of drug-likeness (QED) is 0.697. The van der Waals surface area contributed by atoms with Crippen molar-refractivity contribution in [3.8, 4) is 0 Å². The van der Waals surface area contributed by atoms with Gasteiger partial charge in [0.25, 0.3) is 0 Å². The maximum atomic E-state index is 13.9. The molecule has 1 atom stereocenters. The van der Waals surface area contributed by atoms with Crippen LogP contribution >= 0.6 is 0 Å². The first-order valence-electron chi connectivity index (χ1n) is 5.06. The van der Waals surface area contributed by atoms with Gasteiger partial charge in [0.05, 0.1) is 0 Å². The van der Waals surface area contributed by atoms with Crippen LogP contribution in [0.5, 0.6) is 0 Å². The van der Waals surface area contributed by atoms with E-state index in [9.17, 15) is 4.39 Å². The van der Waals surface area contributed by atoms with Gasteiger partial charge in [-0.15, -0.1) is 0 Å². The summed E-state index contributed by atoms with van der Waals surface area (Å²) in [5.74, 6) is 0.273. The first-order chi connectivity index (χ1) is 5.67. The van der Waals surface area contributed by atoms with Crippen molar-refractivity contribution in [1.29, 1.82) is 0 Å². The van der Waals surface area contributed by atoms with Crippen molar-refractivity contribution in [3.05, 3.63) is 0 Å². The van der Waals surface area contributed by atoms with E-state index in [-0.39, 0.29) is 5.92 Å². The number of hydrogen-bond acceptors (Lipinski definition) is 1. The van der Waals surface area contributed by atoms with Crippen LogP contribution in [-0.4, -0.2) is 12.2 Å². The number of rotatable bonds is 3. The molecule has 0 amide bonds. The Bertz CT molecular complexity index is 128. The van der Waals surface area contributed by atoms with Crippen molar-refractivity contribution in [2.75, 3.05) is 6.54 Å². The third-order valence-electron chi connectivity index (χ3n) is 3.09. The van der Waals surface area contributed by atoms with Crippen LogP contribution in [0.2, 0.25) is 0 Å². The van der Waals surface area contributed by atoms with Crippen LogP contribution < -0.4 is 5.73 Å². The summed E-state index contributed by atoms with van der Waals surface area (Å²) in [5, 5.41) is 0. The number of halogens is 1. The maximum Gasteiger partial charge on any atom is 0.112 e. The number of nitrogens with two attached hydrogens (primary N) is 1. The molecule has 0 aromatic rings. The fourth-order valence-corrected chi connectivity index (χ4v) is 2.19. The third-order valence-corrected chi connectivity index (χ3v) is 3.09. The van der Waals surface area contributed by atoms with Crippen LogP contribution in [0.15, 0.2) is 0 Å². The predicted molar refractivity (Wildman–Crippen MR) is 49.8 cm³/mol. The van der Waals surface area contributed by atoms with Crippen LogP contribution in [0.4, 0.5) is 4.39 Å². The molecule has 0 aromatic heterocycles. The lowest BCUT2D eigenvalue weighted by Gasteiger charge is -2.33. The minimum Gasteiger partial charge on any atom is -0.330 e. The second-order valence-corrected chi connectivity index (χ2v) is 4.15. The highest BCUT2D eigenvalue weighted by atomic mass is 19.1. The minimum absolute atomic E-state index is 0.273. The van der Waals surface area contributed by atoms with Gasteiger partial charge in [-0.25, -0.2) is 4.39 Å². The van der Waals surface area contributed by atoms with E-state index in [2.05, 4.69) is 0 Å². The molecule has 1 rings (SSSR count). The van der Waals surface area contributed by atoms with Gasteiger partial charge in [0.1, 0.15) is 5.67 Å². The van der Waals surface area contributed by atoms with E-state index < -0.39 is 5.67 Å². The van der Waals surface area contributed by atoms with Gasteiger partial charge in [-0.1, -0.05) is 19.3 Å². The van der Waals surface area contributed by atoms with E-state index in [4.69, 9.17) is 5.73 Å². The van der Waals surface area contributed by atoms with Crippen LogP contribution in [0, 0.1) is 5.92 Å². The zero-order valence-electron chi connectivity index (χ0n) is 7.98. The molecule has 0 heterocycles. The summed E-state index contributed by atoms with van der Waals surface area (Å²) >= 11 is 0. The SMILES string of the molecule is CC(F)(CCN)C1CCCCC1. The fraction of sp³-hybridized carbons (Fsp3) is 1.00. The van der Waals surface area contributed by atoms with Gasteiger partial charge in [0.15, 0.2) is 0 Å². The molecule has 2 N–H and O–H groups in total. The van der Waals surface area contributed by atoms with Gasteiger partial charge in [0, 0.05) is 0 Å². The highest BCUT2D eigenvalue weighted by Gasteiger charge is 2.33. The van der Waals surface area contributed by atoms with E-state index in [0.29, 0.717) is 13.0 Å². The molecule has 0 saturated heterocycles. The average molecular weight is 173 g/mol. The van der Waals surface area contributed by atoms with Crippen molar-refractivity contribution in [3.63, 3.8) is 0 Å². The third kappa shape index (κ3) is 2.44. The molecule has 0 bridgehead atoms. The number of alkyl halides is 1. The number of hydrogen-bond donors (Lipinski definition) is 1. The maximum absolute atomic E-state index is 13.9. The predicted octanol–water partition coefficient (Wildman–Crippen LogP) is 2.64. The van der Waals surface area contributed by atoms with E-state index in [1.165, 1.54) is 19.3 Å². The summed E-state index contributed by atoms with van der Waals surface area (Å²) in [6, 6.07) is 0. The molecule has 1 saturated carbocycles. The van der Waals surface area contributed by atoms with Crippen molar-refractivity contribution in [2.45, 2.75) is 51.1 Å². The van der Waals surface area contributed by atoms with E-state index >= 15 is 0 Å². The zero-order chi connectivity index (χ0) is 9.03. The highest BCUT2D eigenvalue weighted by Crippen LogP contribution is 2.36. The Balaban J connectivity index is 2.41. The molecule has 12 heavy (non-hydrogen) atoms. The lowest BCUT2D eigenvalue weighted by Crippen LogP contribution is -2.33. The largest absolute Gasteiger partial charge is 0.330 e. The second kappa shape index (κ2) is 4.22. The monoisotopic (exact) mass is 173 g/mol. The minimum atomic E-state index is -1.00. The molecule has 0 radical (unpaired) electrons. The Labute approximate surface area is 74.5 Å². The zero-order valence-corrected chi connectivity index (χ0v) is 7.98. The normalized spacial score (nSPS) is 25.2. The van der Waals surface area contributed by atoms with Crippen LogP contribution in [0.1, 0.15) is 45.4 Å². The van der Waals surface area contributed by atoms with E-state index in [1.54, 1.807) is 6.92 Å². The summed E-state index contributed by atoms with van der Waals surface area (Å²) in [6.07, 6.45) is 6.34.